The van der Waals surface area contributed by atoms with Crippen molar-refractivity contribution in [2.45, 2.75) is 13.5 Å². The van der Waals surface area contributed by atoms with Gasteiger partial charge in [-0.25, -0.2) is 0 Å². The molecule has 0 radical (unpaired) electrons. The van der Waals surface area contributed by atoms with E-state index in [4.69, 9.17) is 5.11 Å². The first kappa shape index (κ1) is 7.21. The SMILES string of the molecule is CC(CO)Cn1cnnc1. The van der Waals surface area contributed by atoms with E-state index in [1.165, 1.54) is 0 Å². The van der Waals surface area contributed by atoms with Crippen molar-refractivity contribution < 1.29 is 5.11 Å². The van der Waals surface area contributed by atoms with Crippen LogP contribution in [0.5, 0.6) is 0 Å². The second-order valence-electron chi connectivity index (χ2n) is 2.45. The largest absolute Gasteiger partial charge is 0.396 e. The maximum Gasteiger partial charge on any atom is 0.119 e. The third kappa shape index (κ3) is 1.80. The molecule has 1 atom stereocenters. The van der Waals surface area contributed by atoms with Crippen LogP contribution in [0, 0.1) is 5.92 Å². The van der Waals surface area contributed by atoms with Crippen molar-refractivity contribution >= 4 is 0 Å². The summed E-state index contributed by atoms with van der Waals surface area (Å²) < 4.78 is 1.85. The lowest BCUT2D eigenvalue weighted by molar-refractivity contribution is 0.223. The number of aromatic nitrogens is 3. The first-order valence-electron chi connectivity index (χ1n) is 3.26. The summed E-state index contributed by atoms with van der Waals surface area (Å²) in [6.45, 7) is 2.96. The Hall–Kier alpha value is -0.900. The summed E-state index contributed by atoms with van der Waals surface area (Å²) in [6.07, 6.45) is 3.29. The van der Waals surface area contributed by atoms with Crippen LogP contribution >= 0.6 is 0 Å². The lowest BCUT2D eigenvalue weighted by atomic mass is 10.2. The van der Waals surface area contributed by atoms with Gasteiger partial charge in [-0.05, 0) is 5.92 Å². The second-order valence-corrected chi connectivity index (χ2v) is 2.45. The van der Waals surface area contributed by atoms with Crippen LogP contribution in [0.1, 0.15) is 6.92 Å². The number of hydrogen-bond donors (Lipinski definition) is 1. The smallest absolute Gasteiger partial charge is 0.119 e. The maximum atomic E-state index is 8.68. The molecular weight excluding hydrogens is 130 g/mol. The van der Waals surface area contributed by atoms with Crippen LogP contribution in [0.3, 0.4) is 0 Å². The van der Waals surface area contributed by atoms with Gasteiger partial charge in [-0.15, -0.1) is 10.2 Å². The highest BCUT2D eigenvalue weighted by Crippen LogP contribution is 1.96. The molecule has 0 bridgehead atoms. The molecule has 4 nitrogen and oxygen atoms in total. The summed E-state index contributed by atoms with van der Waals surface area (Å²) in [5.41, 5.74) is 0. The van der Waals surface area contributed by atoms with Crippen molar-refractivity contribution in [3.8, 4) is 0 Å². The summed E-state index contributed by atoms with van der Waals surface area (Å²) in [7, 11) is 0. The minimum absolute atomic E-state index is 0.207. The van der Waals surface area contributed by atoms with Gasteiger partial charge in [0.25, 0.3) is 0 Å². The van der Waals surface area contributed by atoms with Crippen LogP contribution in [0.25, 0.3) is 0 Å². The summed E-state index contributed by atoms with van der Waals surface area (Å²) in [5, 5.41) is 16.0. The Morgan fingerprint density at radius 1 is 1.50 bits per heavy atom. The quantitative estimate of drug-likeness (QED) is 0.639. The summed E-state index contributed by atoms with van der Waals surface area (Å²) in [6, 6.07) is 0. The Kier molecular flexibility index (Phi) is 2.39. The molecule has 0 fully saturated rings. The Balaban J connectivity index is 2.40. The van der Waals surface area contributed by atoms with Crippen molar-refractivity contribution in [2.24, 2.45) is 5.92 Å². The molecule has 1 N–H and O–H groups in total. The Labute approximate surface area is 59.5 Å². The van der Waals surface area contributed by atoms with Crippen molar-refractivity contribution in [2.75, 3.05) is 6.61 Å². The van der Waals surface area contributed by atoms with Crippen LogP contribution in [-0.4, -0.2) is 26.5 Å². The number of aliphatic hydroxyl groups is 1. The van der Waals surface area contributed by atoms with Crippen LogP contribution in [0.4, 0.5) is 0 Å². The normalized spacial score (nSPS) is 13.4. The van der Waals surface area contributed by atoms with Crippen LogP contribution < -0.4 is 0 Å². The molecule has 1 heterocycles. The monoisotopic (exact) mass is 141 g/mol. The first-order valence-corrected chi connectivity index (χ1v) is 3.26. The highest BCUT2D eigenvalue weighted by molar-refractivity contribution is 4.62. The minimum Gasteiger partial charge on any atom is -0.396 e. The standard InChI is InChI=1S/C6H11N3O/c1-6(3-10)2-9-4-7-8-5-9/h4-6,10H,2-3H2,1H3. The third-order valence-electron chi connectivity index (χ3n) is 1.30. The Morgan fingerprint density at radius 2 is 2.10 bits per heavy atom. The zero-order valence-corrected chi connectivity index (χ0v) is 5.94. The van der Waals surface area contributed by atoms with Gasteiger partial charge in [0.2, 0.25) is 0 Å². The van der Waals surface area contributed by atoms with Crippen molar-refractivity contribution in [3.63, 3.8) is 0 Å². The predicted molar refractivity (Wildman–Crippen MR) is 36.3 cm³/mol. The van der Waals surface area contributed by atoms with Crippen molar-refractivity contribution in [3.05, 3.63) is 12.7 Å². The molecule has 0 saturated carbocycles. The number of aliphatic hydroxyl groups excluding tert-OH is 1. The molecule has 0 spiro atoms. The molecule has 1 unspecified atom stereocenters. The maximum absolute atomic E-state index is 8.68. The molecule has 0 amide bonds. The Morgan fingerprint density at radius 3 is 2.60 bits per heavy atom. The highest BCUT2D eigenvalue weighted by Gasteiger charge is 1.99. The lowest BCUT2D eigenvalue weighted by Gasteiger charge is -2.05. The van der Waals surface area contributed by atoms with Gasteiger partial charge in [0.15, 0.2) is 0 Å². The molecule has 10 heavy (non-hydrogen) atoms. The molecule has 1 rings (SSSR count). The number of nitrogens with zero attached hydrogens (tertiary/aromatic N) is 3. The number of hydrogen-bond acceptors (Lipinski definition) is 3. The summed E-state index contributed by atoms with van der Waals surface area (Å²) >= 11 is 0. The van der Waals surface area contributed by atoms with E-state index in [2.05, 4.69) is 10.2 Å². The Bertz CT molecular complexity index is 173. The van der Waals surface area contributed by atoms with Gasteiger partial charge in [-0.1, -0.05) is 6.92 Å². The zero-order valence-electron chi connectivity index (χ0n) is 5.94. The van der Waals surface area contributed by atoms with Gasteiger partial charge in [-0.3, -0.25) is 0 Å². The highest BCUT2D eigenvalue weighted by atomic mass is 16.3. The van der Waals surface area contributed by atoms with Gasteiger partial charge >= 0.3 is 0 Å². The van der Waals surface area contributed by atoms with Crippen LogP contribution in [0.2, 0.25) is 0 Å². The zero-order chi connectivity index (χ0) is 7.40. The van der Waals surface area contributed by atoms with E-state index in [-0.39, 0.29) is 12.5 Å². The lowest BCUT2D eigenvalue weighted by Crippen LogP contribution is -2.09. The van der Waals surface area contributed by atoms with Gasteiger partial charge in [0, 0.05) is 13.2 Å². The fourth-order valence-electron chi connectivity index (χ4n) is 0.734. The van der Waals surface area contributed by atoms with Gasteiger partial charge in [-0.2, -0.15) is 0 Å². The molecule has 0 aliphatic carbocycles. The van der Waals surface area contributed by atoms with Crippen LogP contribution in [-0.2, 0) is 6.54 Å². The minimum atomic E-state index is 0.207. The van der Waals surface area contributed by atoms with E-state index in [1.807, 2.05) is 11.5 Å². The second kappa shape index (κ2) is 3.31. The molecule has 1 aromatic heterocycles. The van der Waals surface area contributed by atoms with E-state index in [1.54, 1.807) is 12.7 Å². The van der Waals surface area contributed by atoms with E-state index < -0.39 is 0 Å². The molecule has 56 valence electrons. The first-order chi connectivity index (χ1) is 4.83. The van der Waals surface area contributed by atoms with E-state index in [0.717, 1.165) is 6.54 Å². The average molecular weight is 141 g/mol. The fraction of sp³-hybridized carbons (Fsp3) is 0.667. The molecule has 0 aliphatic rings. The van der Waals surface area contributed by atoms with E-state index >= 15 is 0 Å². The van der Waals surface area contributed by atoms with Gasteiger partial charge in [0.1, 0.15) is 12.7 Å². The molecule has 0 aliphatic heterocycles. The molecule has 1 aromatic rings. The fourth-order valence-corrected chi connectivity index (χ4v) is 0.734. The average Bonchev–Trinajstić information content (AvgIpc) is 2.40. The van der Waals surface area contributed by atoms with Gasteiger partial charge < -0.3 is 9.67 Å². The van der Waals surface area contributed by atoms with Crippen molar-refractivity contribution in [1.29, 1.82) is 0 Å². The van der Waals surface area contributed by atoms with E-state index in [9.17, 15) is 0 Å². The molecular formula is C6H11N3O. The van der Waals surface area contributed by atoms with Crippen LogP contribution in [0.15, 0.2) is 12.7 Å². The third-order valence-corrected chi connectivity index (χ3v) is 1.30. The topological polar surface area (TPSA) is 50.9 Å². The van der Waals surface area contributed by atoms with E-state index in [0.29, 0.717) is 0 Å². The summed E-state index contributed by atoms with van der Waals surface area (Å²) in [5.74, 6) is 0.274. The molecule has 4 heteroatoms. The molecule has 0 aromatic carbocycles. The predicted octanol–water partition coefficient (Wildman–Crippen LogP) is -0.0935. The summed E-state index contributed by atoms with van der Waals surface area (Å²) in [4.78, 5) is 0. The number of rotatable bonds is 3. The molecule has 0 saturated heterocycles. The van der Waals surface area contributed by atoms with Crippen molar-refractivity contribution in [1.82, 2.24) is 14.8 Å². The van der Waals surface area contributed by atoms with Gasteiger partial charge in [0.05, 0.1) is 0 Å².